The van der Waals surface area contributed by atoms with Crippen molar-refractivity contribution < 1.29 is 14.5 Å². The molecule has 0 radical (unpaired) electrons. The van der Waals surface area contributed by atoms with Gasteiger partial charge in [-0.2, -0.15) is 0 Å². The SMILES string of the molecule is O=C(C[NH2+][C@H](c1ccccc1)c1ccco1)Nc1cc(Cl)cc(Cl)c1. The maximum Gasteiger partial charge on any atom is 0.279 e. The molecule has 1 amide bonds. The molecule has 0 fully saturated rings. The summed E-state index contributed by atoms with van der Waals surface area (Å²) in [4.78, 5) is 12.3. The highest BCUT2D eigenvalue weighted by Crippen LogP contribution is 2.22. The summed E-state index contributed by atoms with van der Waals surface area (Å²) in [6, 6.07) is 18.5. The summed E-state index contributed by atoms with van der Waals surface area (Å²) in [5.41, 5.74) is 1.64. The highest BCUT2D eigenvalue weighted by atomic mass is 35.5. The molecule has 3 rings (SSSR count). The zero-order chi connectivity index (χ0) is 17.6. The van der Waals surface area contributed by atoms with Crippen LogP contribution in [0.1, 0.15) is 17.4 Å². The lowest BCUT2D eigenvalue weighted by atomic mass is 10.0. The number of halogens is 2. The summed E-state index contributed by atoms with van der Waals surface area (Å²) >= 11 is 11.9. The van der Waals surface area contributed by atoms with Crippen molar-refractivity contribution in [2.45, 2.75) is 6.04 Å². The van der Waals surface area contributed by atoms with Crippen molar-refractivity contribution in [3.05, 3.63) is 88.3 Å². The summed E-state index contributed by atoms with van der Waals surface area (Å²) in [6.45, 7) is 0.227. The monoisotopic (exact) mass is 375 g/mol. The van der Waals surface area contributed by atoms with Crippen molar-refractivity contribution >= 4 is 34.8 Å². The Kier molecular flexibility index (Phi) is 5.76. The number of carbonyl (C=O) groups excluding carboxylic acids is 1. The molecule has 0 saturated carbocycles. The second-order valence-electron chi connectivity index (χ2n) is 5.55. The van der Waals surface area contributed by atoms with E-state index in [0.717, 1.165) is 11.3 Å². The van der Waals surface area contributed by atoms with Crippen LogP contribution in [0.4, 0.5) is 5.69 Å². The lowest BCUT2D eigenvalue weighted by molar-refractivity contribution is -0.678. The molecule has 0 spiro atoms. The Bertz CT molecular complexity index is 816. The van der Waals surface area contributed by atoms with Gasteiger partial charge < -0.3 is 15.1 Å². The first-order chi connectivity index (χ1) is 12.1. The smallest absolute Gasteiger partial charge is 0.279 e. The first kappa shape index (κ1) is 17.5. The summed E-state index contributed by atoms with van der Waals surface area (Å²) in [5.74, 6) is 0.649. The summed E-state index contributed by atoms with van der Waals surface area (Å²) in [5, 5.41) is 5.69. The third-order valence-electron chi connectivity index (χ3n) is 3.69. The van der Waals surface area contributed by atoms with E-state index in [0.29, 0.717) is 15.7 Å². The highest BCUT2D eigenvalue weighted by molar-refractivity contribution is 6.35. The van der Waals surface area contributed by atoms with E-state index in [1.807, 2.05) is 47.8 Å². The van der Waals surface area contributed by atoms with Gasteiger partial charge in [0.1, 0.15) is 0 Å². The number of carbonyl (C=O) groups is 1. The fraction of sp³-hybridized carbons (Fsp3) is 0.105. The Labute approximate surface area is 155 Å². The number of benzene rings is 2. The molecule has 0 aliphatic rings. The molecule has 4 nitrogen and oxygen atoms in total. The molecule has 0 aliphatic carbocycles. The van der Waals surface area contributed by atoms with Crippen LogP contribution < -0.4 is 10.6 Å². The molecule has 0 aliphatic heterocycles. The number of hydrogen-bond acceptors (Lipinski definition) is 2. The Balaban J connectivity index is 1.68. The lowest BCUT2D eigenvalue weighted by Crippen LogP contribution is -2.87. The predicted molar refractivity (Wildman–Crippen MR) is 98.9 cm³/mol. The van der Waals surface area contributed by atoms with Crippen molar-refractivity contribution in [1.82, 2.24) is 0 Å². The van der Waals surface area contributed by atoms with Crippen molar-refractivity contribution in [1.29, 1.82) is 0 Å². The van der Waals surface area contributed by atoms with Crippen molar-refractivity contribution in [2.24, 2.45) is 0 Å². The van der Waals surface area contributed by atoms with Crippen LogP contribution in [0.5, 0.6) is 0 Å². The third-order valence-corrected chi connectivity index (χ3v) is 4.13. The highest BCUT2D eigenvalue weighted by Gasteiger charge is 2.21. The Morgan fingerprint density at radius 3 is 2.40 bits per heavy atom. The van der Waals surface area contributed by atoms with Crippen LogP contribution >= 0.6 is 23.2 Å². The fourth-order valence-electron chi connectivity index (χ4n) is 2.61. The van der Waals surface area contributed by atoms with Crippen LogP contribution in [-0.2, 0) is 4.79 Å². The van der Waals surface area contributed by atoms with Gasteiger partial charge in [-0.15, -0.1) is 0 Å². The molecule has 1 heterocycles. The molecular formula is C19H17Cl2N2O2+. The van der Waals surface area contributed by atoms with E-state index < -0.39 is 0 Å². The molecule has 0 saturated heterocycles. The van der Waals surface area contributed by atoms with Gasteiger partial charge >= 0.3 is 0 Å². The topological polar surface area (TPSA) is 58.9 Å². The number of furan rings is 1. The molecular weight excluding hydrogens is 359 g/mol. The average molecular weight is 376 g/mol. The van der Waals surface area contributed by atoms with Crippen LogP contribution in [0.2, 0.25) is 10.0 Å². The average Bonchev–Trinajstić information content (AvgIpc) is 3.09. The van der Waals surface area contributed by atoms with Crippen LogP contribution in [0.3, 0.4) is 0 Å². The molecule has 128 valence electrons. The predicted octanol–water partition coefficient (Wildman–Crippen LogP) is 3.88. The zero-order valence-corrected chi connectivity index (χ0v) is 14.8. The zero-order valence-electron chi connectivity index (χ0n) is 13.3. The minimum Gasteiger partial charge on any atom is -0.463 e. The van der Waals surface area contributed by atoms with Gasteiger partial charge in [0.25, 0.3) is 5.91 Å². The van der Waals surface area contributed by atoms with Gasteiger partial charge in [-0.3, -0.25) is 4.79 Å². The number of quaternary nitrogens is 1. The normalized spacial score (nSPS) is 11.9. The van der Waals surface area contributed by atoms with Crippen molar-refractivity contribution in [2.75, 3.05) is 11.9 Å². The number of nitrogens with two attached hydrogens (primary N) is 1. The van der Waals surface area contributed by atoms with E-state index >= 15 is 0 Å². The number of amides is 1. The molecule has 1 aromatic heterocycles. The van der Waals surface area contributed by atoms with Gasteiger partial charge in [0, 0.05) is 21.3 Å². The van der Waals surface area contributed by atoms with Crippen LogP contribution in [0.15, 0.2) is 71.3 Å². The fourth-order valence-corrected chi connectivity index (χ4v) is 3.13. The largest absolute Gasteiger partial charge is 0.463 e. The molecule has 3 N–H and O–H groups in total. The van der Waals surface area contributed by atoms with Crippen molar-refractivity contribution in [3.63, 3.8) is 0 Å². The standard InChI is InChI=1S/C19H16Cl2N2O2/c20-14-9-15(21)11-16(10-14)23-18(24)12-22-19(17-7-4-8-25-17)13-5-2-1-3-6-13/h1-11,19,22H,12H2,(H,23,24)/p+1/t19-/m1/s1. The van der Waals surface area contributed by atoms with E-state index in [2.05, 4.69) is 5.32 Å². The second-order valence-corrected chi connectivity index (χ2v) is 6.42. The lowest BCUT2D eigenvalue weighted by Gasteiger charge is -2.14. The molecule has 2 aromatic carbocycles. The number of nitrogens with one attached hydrogen (secondary N) is 1. The molecule has 25 heavy (non-hydrogen) atoms. The van der Waals surface area contributed by atoms with E-state index in [1.54, 1.807) is 24.5 Å². The van der Waals surface area contributed by atoms with Crippen LogP contribution in [0.25, 0.3) is 0 Å². The minimum absolute atomic E-state index is 0.0927. The van der Waals surface area contributed by atoms with Gasteiger partial charge in [0.2, 0.25) is 0 Å². The number of hydrogen-bond donors (Lipinski definition) is 2. The quantitative estimate of drug-likeness (QED) is 0.686. The first-order valence-electron chi connectivity index (χ1n) is 7.79. The van der Waals surface area contributed by atoms with E-state index in [-0.39, 0.29) is 18.5 Å². The van der Waals surface area contributed by atoms with E-state index in [1.165, 1.54) is 0 Å². The third kappa shape index (κ3) is 4.86. The van der Waals surface area contributed by atoms with E-state index in [9.17, 15) is 4.79 Å². The first-order valence-corrected chi connectivity index (χ1v) is 8.55. The van der Waals surface area contributed by atoms with E-state index in [4.69, 9.17) is 27.6 Å². The maximum atomic E-state index is 12.3. The Hall–Kier alpha value is -2.27. The summed E-state index contributed by atoms with van der Waals surface area (Å²) < 4.78 is 5.53. The van der Waals surface area contributed by atoms with Gasteiger partial charge in [-0.1, -0.05) is 53.5 Å². The van der Waals surface area contributed by atoms with Gasteiger partial charge in [0.05, 0.1) is 6.26 Å². The molecule has 0 bridgehead atoms. The van der Waals surface area contributed by atoms with Gasteiger partial charge in [-0.25, -0.2) is 0 Å². The van der Waals surface area contributed by atoms with Gasteiger partial charge in [-0.05, 0) is 30.3 Å². The van der Waals surface area contributed by atoms with Crippen molar-refractivity contribution in [3.8, 4) is 0 Å². The number of anilines is 1. The second kappa shape index (κ2) is 8.21. The Morgan fingerprint density at radius 1 is 1.04 bits per heavy atom. The molecule has 1 atom stereocenters. The summed E-state index contributed by atoms with van der Waals surface area (Å²) in [6.07, 6.45) is 1.63. The maximum absolute atomic E-state index is 12.3. The summed E-state index contributed by atoms with van der Waals surface area (Å²) in [7, 11) is 0. The molecule has 0 unspecified atom stereocenters. The van der Waals surface area contributed by atoms with Crippen LogP contribution in [0, 0.1) is 0 Å². The minimum atomic E-state index is -0.147. The number of rotatable bonds is 6. The Morgan fingerprint density at radius 2 is 1.76 bits per heavy atom. The van der Waals surface area contributed by atoms with Crippen LogP contribution in [-0.4, -0.2) is 12.5 Å². The van der Waals surface area contributed by atoms with Gasteiger partial charge in [0.15, 0.2) is 18.3 Å². The molecule has 6 heteroatoms. The molecule has 3 aromatic rings.